The number of carbonyl (C=O) groups is 3. The second kappa shape index (κ2) is 13.0. The number of carbonyl (C=O) groups excluding carboxylic acids is 3. The summed E-state index contributed by atoms with van der Waals surface area (Å²) in [5.41, 5.74) is 2.17. The highest BCUT2D eigenvalue weighted by Crippen LogP contribution is 2.40. The first-order valence-electron chi connectivity index (χ1n) is 13.3. The molecule has 1 aliphatic rings. The van der Waals surface area contributed by atoms with Crippen molar-refractivity contribution in [2.24, 2.45) is 0 Å². The highest BCUT2D eigenvalue weighted by atomic mass is 35.5. The number of thioether (sulfide) groups is 1. The molecule has 4 rings (SSSR count). The lowest BCUT2D eigenvalue weighted by molar-refractivity contribution is -0.147. The monoisotopic (exact) mass is 595 g/mol. The smallest absolute Gasteiger partial charge is 0.254 e. The number of hydrogen-bond donors (Lipinski definition) is 4. The molecule has 10 heteroatoms. The first-order chi connectivity index (χ1) is 19.5. The summed E-state index contributed by atoms with van der Waals surface area (Å²) >= 11 is 7.68. The summed E-state index contributed by atoms with van der Waals surface area (Å²) in [7, 11) is 0. The molecule has 3 aromatic rings. The Morgan fingerprint density at radius 1 is 1.05 bits per heavy atom. The van der Waals surface area contributed by atoms with E-state index in [9.17, 15) is 24.6 Å². The van der Waals surface area contributed by atoms with Gasteiger partial charge in [0.05, 0.1) is 11.9 Å². The van der Waals surface area contributed by atoms with Crippen molar-refractivity contribution in [2.45, 2.75) is 56.7 Å². The summed E-state index contributed by atoms with van der Waals surface area (Å²) in [4.78, 5) is 41.9. The van der Waals surface area contributed by atoms with Gasteiger partial charge >= 0.3 is 0 Å². The number of aliphatic hydroxyl groups is 1. The van der Waals surface area contributed by atoms with Crippen molar-refractivity contribution in [3.63, 3.8) is 0 Å². The second-order valence-corrected chi connectivity index (χ2v) is 12.6. The van der Waals surface area contributed by atoms with Crippen molar-refractivity contribution in [3.8, 4) is 5.75 Å². The van der Waals surface area contributed by atoms with Gasteiger partial charge in [-0.3, -0.25) is 14.4 Å². The maximum atomic E-state index is 13.8. The molecule has 3 aromatic carbocycles. The zero-order valence-corrected chi connectivity index (χ0v) is 24.7. The van der Waals surface area contributed by atoms with Crippen LogP contribution in [0.1, 0.15) is 40.9 Å². The van der Waals surface area contributed by atoms with E-state index in [0.717, 1.165) is 11.1 Å². The fourth-order valence-electron chi connectivity index (χ4n) is 4.90. The van der Waals surface area contributed by atoms with Crippen LogP contribution in [0.4, 0.5) is 0 Å². The largest absolute Gasteiger partial charge is 0.508 e. The maximum absolute atomic E-state index is 13.8. The van der Waals surface area contributed by atoms with E-state index in [0.29, 0.717) is 10.6 Å². The Morgan fingerprint density at radius 2 is 1.73 bits per heavy atom. The van der Waals surface area contributed by atoms with E-state index < -0.39 is 34.7 Å². The summed E-state index contributed by atoms with van der Waals surface area (Å²) in [5, 5.41) is 27.7. The molecule has 1 fully saturated rings. The number of phenolic OH excluding ortho intramolecular Hbond substituents is 1. The van der Waals surface area contributed by atoms with Crippen LogP contribution < -0.4 is 10.6 Å². The van der Waals surface area contributed by atoms with Crippen molar-refractivity contribution < 1.29 is 24.6 Å². The molecule has 1 unspecified atom stereocenters. The molecule has 3 atom stereocenters. The van der Waals surface area contributed by atoms with Gasteiger partial charge in [-0.25, -0.2) is 0 Å². The van der Waals surface area contributed by atoms with Crippen molar-refractivity contribution in [3.05, 3.63) is 100 Å². The average Bonchev–Trinajstić information content (AvgIpc) is 3.28. The summed E-state index contributed by atoms with van der Waals surface area (Å²) in [6.07, 6.45) is -1.46. The van der Waals surface area contributed by atoms with Gasteiger partial charge in [0.25, 0.3) is 11.8 Å². The molecule has 4 N–H and O–H groups in total. The number of halogens is 1. The molecule has 0 bridgehead atoms. The topological polar surface area (TPSA) is 119 Å². The minimum atomic E-state index is -1.63. The molecule has 41 heavy (non-hydrogen) atoms. The molecule has 216 valence electrons. The minimum Gasteiger partial charge on any atom is -0.508 e. The molecule has 0 aromatic heterocycles. The van der Waals surface area contributed by atoms with E-state index in [1.165, 1.54) is 22.7 Å². The van der Waals surface area contributed by atoms with Crippen LogP contribution in [-0.4, -0.2) is 61.6 Å². The fourth-order valence-corrected chi connectivity index (χ4v) is 6.24. The van der Waals surface area contributed by atoms with Crippen molar-refractivity contribution in [1.82, 2.24) is 15.5 Å². The Hall–Kier alpha value is -3.53. The highest BCUT2D eigenvalue weighted by Gasteiger charge is 2.49. The molecule has 0 radical (unpaired) electrons. The number of benzene rings is 3. The zero-order chi connectivity index (χ0) is 29.7. The standard InChI is InChI=1S/C31H34ClN3O5S/c1-19-22(13-9-15-25(19)36)28(38)34-24(16-20-10-5-4-6-11-20)26(37)30(40)35-18-41-31(2,3)27(35)29(39)33-17-21-12-7-8-14-23(21)32/h4-15,24,26-27,36-37H,16-18H2,1-3H3,(H,33,39)(H,34,38)/t24-,26-,27?/m0/s1. The third-order valence-corrected chi connectivity index (χ3v) is 9.03. The van der Waals surface area contributed by atoms with Gasteiger partial charge in [0, 0.05) is 27.4 Å². The fraction of sp³-hybridized carbons (Fsp3) is 0.323. The van der Waals surface area contributed by atoms with Crippen LogP contribution in [0.3, 0.4) is 0 Å². The van der Waals surface area contributed by atoms with Crippen LogP contribution in [0.25, 0.3) is 0 Å². The number of hydrogen-bond acceptors (Lipinski definition) is 6. The molecule has 0 spiro atoms. The van der Waals surface area contributed by atoms with Crippen LogP contribution in [0.15, 0.2) is 72.8 Å². The van der Waals surface area contributed by atoms with Crippen molar-refractivity contribution in [1.29, 1.82) is 0 Å². The van der Waals surface area contributed by atoms with Gasteiger partial charge in [0.15, 0.2) is 6.10 Å². The quantitative estimate of drug-likeness (QED) is 0.296. The summed E-state index contributed by atoms with van der Waals surface area (Å²) in [5.74, 6) is -1.38. The lowest BCUT2D eigenvalue weighted by Crippen LogP contribution is -2.58. The van der Waals surface area contributed by atoms with Gasteiger partial charge in [-0.05, 0) is 56.5 Å². The second-order valence-electron chi connectivity index (χ2n) is 10.6. The zero-order valence-electron chi connectivity index (χ0n) is 23.1. The van der Waals surface area contributed by atoms with Crippen LogP contribution in [0.5, 0.6) is 5.75 Å². The number of phenols is 1. The highest BCUT2D eigenvalue weighted by molar-refractivity contribution is 8.00. The van der Waals surface area contributed by atoms with Crippen molar-refractivity contribution >= 4 is 41.1 Å². The van der Waals surface area contributed by atoms with E-state index in [2.05, 4.69) is 10.6 Å². The average molecular weight is 596 g/mol. The molecule has 0 aliphatic carbocycles. The molecule has 1 aliphatic heterocycles. The van der Waals surface area contributed by atoms with E-state index in [4.69, 9.17) is 11.6 Å². The van der Waals surface area contributed by atoms with Gasteiger partial charge in [0.1, 0.15) is 11.8 Å². The Bertz CT molecular complexity index is 1420. The molecule has 1 saturated heterocycles. The van der Waals surface area contributed by atoms with Gasteiger partial charge in [-0.1, -0.05) is 66.2 Å². The van der Waals surface area contributed by atoms with E-state index in [1.807, 2.05) is 56.3 Å². The Kier molecular flexibility index (Phi) is 9.63. The number of nitrogens with zero attached hydrogens (tertiary/aromatic N) is 1. The maximum Gasteiger partial charge on any atom is 0.254 e. The van der Waals surface area contributed by atoms with Gasteiger partial charge in [-0.2, -0.15) is 0 Å². The van der Waals surface area contributed by atoms with E-state index >= 15 is 0 Å². The summed E-state index contributed by atoms with van der Waals surface area (Å²) < 4.78 is -0.628. The third kappa shape index (κ3) is 7.04. The van der Waals surface area contributed by atoms with E-state index in [-0.39, 0.29) is 36.1 Å². The van der Waals surface area contributed by atoms with Crippen molar-refractivity contribution in [2.75, 3.05) is 5.88 Å². The normalized spacial score (nSPS) is 17.5. The SMILES string of the molecule is Cc1c(O)cccc1C(=O)N[C@@H](Cc1ccccc1)[C@H](O)C(=O)N1CSC(C)(C)C1C(=O)NCc1ccccc1Cl. The van der Waals surface area contributed by atoms with Crippen LogP contribution in [-0.2, 0) is 22.6 Å². The Balaban J connectivity index is 1.56. The molecule has 1 heterocycles. The van der Waals surface area contributed by atoms with Gasteiger partial charge in [0.2, 0.25) is 5.91 Å². The summed E-state index contributed by atoms with van der Waals surface area (Å²) in [6.45, 7) is 5.57. The molecular formula is C31H34ClN3O5S. The predicted octanol–water partition coefficient (Wildman–Crippen LogP) is 4.05. The lowest BCUT2D eigenvalue weighted by Gasteiger charge is -2.33. The minimum absolute atomic E-state index is 0.0316. The van der Waals surface area contributed by atoms with Crippen LogP contribution in [0, 0.1) is 6.92 Å². The molecular weight excluding hydrogens is 562 g/mol. The van der Waals surface area contributed by atoms with Gasteiger partial charge < -0.3 is 25.7 Å². The molecule has 3 amide bonds. The number of nitrogens with one attached hydrogen (secondary N) is 2. The first kappa shape index (κ1) is 30.4. The number of amides is 3. The predicted molar refractivity (Wildman–Crippen MR) is 161 cm³/mol. The number of rotatable bonds is 9. The lowest BCUT2D eigenvalue weighted by atomic mass is 9.96. The molecule has 0 saturated carbocycles. The van der Waals surface area contributed by atoms with Crippen LogP contribution in [0.2, 0.25) is 5.02 Å². The number of aromatic hydroxyl groups is 1. The van der Waals surface area contributed by atoms with E-state index in [1.54, 1.807) is 31.2 Å². The molecule has 8 nitrogen and oxygen atoms in total. The Morgan fingerprint density at radius 3 is 2.44 bits per heavy atom. The first-order valence-corrected chi connectivity index (χ1v) is 14.6. The number of aliphatic hydroxyl groups excluding tert-OH is 1. The Labute approximate surface area is 249 Å². The van der Waals surface area contributed by atoms with Gasteiger partial charge in [-0.15, -0.1) is 11.8 Å². The summed E-state index contributed by atoms with van der Waals surface area (Å²) in [6, 6.07) is 19.1. The van der Waals surface area contributed by atoms with Crippen LogP contribution >= 0.6 is 23.4 Å². The third-order valence-electron chi connectivity index (χ3n) is 7.29.